The average molecular weight is 438 g/mol. The summed E-state index contributed by atoms with van der Waals surface area (Å²) in [5.74, 6) is 1.67. The van der Waals surface area contributed by atoms with Crippen molar-refractivity contribution >= 4 is 11.7 Å². The van der Waals surface area contributed by atoms with Crippen LogP contribution in [0.15, 0.2) is 64.1 Å². The van der Waals surface area contributed by atoms with Crippen molar-refractivity contribution < 1.29 is 13.9 Å². The lowest BCUT2D eigenvalue weighted by atomic mass is 10.1. The highest BCUT2D eigenvalue weighted by molar-refractivity contribution is 5.89. The van der Waals surface area contributed by atoms with Gasteiger partial charge in [-0.05, 0) is 42.8 Å². The second-order valence-electron chi connectivity index (χ2n) is 7.68. The van der Waals surface area contributed by atoms with Crippen LogP contribution in [0.25, 0.3) is 0 Å². The number of nitrogens with one attached hydrogen (secondary N) is 2. The molecule has 2 N–H and O–H groups in total. The highest BCUT2D eigenvalue weighted by Crippen LogP contribution is 2.23. The third-order valence-corrected chi connectivity index (χ3v) is 5.35. The van der Waals surface area contributed by atoms with Crippen LogP contribution in [0.5, 0.6) is 0 Å². The van der Waals surface area contributed by atoms with Crippen LogP contribution < -0.4 is 16.3 Å². The number of nitrogens with zero attached hydrogens (tertiary/aromatic N) is 3. The zero-order valence-electron chi connectivity index (χ0n) is 18.0. The predicted octanol–water partition coefficient (Wildman–Crippen LogP) is 2.39. The molecule has 1 aliphatic rings. The molecule has 0 unspecified atom stereocenters. The fraction of sp³-hybridized carbons (Fsp3) is 0.348. The van der Waals surface area contributed by atoms with Crippen LogP contribution in [0.4, 0.5) is 10.5 Å². The lowest BCUT2D eigenvalue weighted by Gasteiger charge is -2.33. The Morgan fingerprint density at radius 2 is 2.03 bits per heavy atom. The molecule has 0 saturated carbocycles. The van der Waals surface area contributed by atoms with Gasteiger partial charge in [-0.1, -0.05) is 12.1 Å². The van der Waals surface area contributed by atoms with Crippen molar-refractivity contribution in [1.29, 1.82) is 0 Å². The van der Waals surface area contributed by atoms with Gasteiger partial charge >= 0.3 is 11.7 Å². The molecule has 0 spiro atoms. The van der Waals surface area contributed by atoms with Crippen molar-refractivity contribution in [3.8, 4) is 0 Å². The monoisotopic (exact) mass is 437 g/mol. The minimum absolute atomic E-state index is 0.0675. The number of aromatic nitrogens is 2. The molecule has 0 radical (unpaired) electrons. The lowest BCUT2D eigenvalue weighted by molar-refractivity contribution is 0.0122. The Labute approximate surface area is 186 Å². The maximum atomic E-state index is 12.6. The zero-order valence-corrected chi connectivity index (χ0v) is 18.0. The van der Waals surface area contributed by atoms with Crippen LogP contribution in [0.1, 0.15) is 23.1 Å². The average Bonchev–Trinajstić information content (AvgIpc) is 3.22. The summed E-state index contributed by atoms with van der Waals surface area (Å²) in [5, 5.41) is 5.83. The van der Waals surface area contributed by atoms with E-state index in [1.165, 1.54) is 10.8 Å². The first-order valence-corrected chi connectivity index (χ1v) is 10.6. The van der Waals surface area contributed by atoms with Gasteiger partial charge in [0.1, 0.15) is 11.5 Å². The number of furan rings is 1. The first-order chi connectivity index (χ1) is 15.6. The van der Waals surface area contributed by atoms with Crippen LogP contribution in [0, 0.1) is 6.92 Å². The second kappa shape index (κ2) is 10.3. The van der Waals surface area contributed by atoms with Crippen LogP contribution in [0.2, 0.25) is 0 Å². The number of anilines is 1. The molecule has 1 fully saturated rings. The summed E-state index contributed by atoms with van der Waals surface area (Å²) >= 11 is 0. The van der Waals surface area contributed by atoms with E-state index < -0.39 is 0 Å². The Morgan fingerprint density at radius 1 is 1.19 bits per heavy atom. The van der Waals surface area contributed by atoms with E-state index in [4.69, 9.17) is 9.15 Å². The Hall–Kier alpha value is -3.43. The Balaban J connectivity index is 1.38. The van der Waals surface area contributed by atoms with Gasteiger partial charge in [-0.3, -0.25) is 9.47 Å². The maximum absolute atomic E-state index is 12.6. The first-order valence-electron chi connectivity index (χ1n) is 10.6. The van der Waals surface area contributed by atoms with E-state index in [9.17, 15) is 9.59 Å². The van der Waals surface area contributed by atoms with Gasteiger partial charge in [-0.2, -0.15) is 0 Å². The van der Waals surface area contributed by atoms with Crippen molar-refractivity contribution in [3.05, 3.63) is 82.4 Å². The molecule has 0 bridgehead atoms. The molecule has 0 aliphatic carbocycles. The van der Waals surface area contributed by atoms with Crippen molar-refractivity contribution in [1.82, 2.24) is 19.8 Å². The normalized spacial score (nSPS) is 15.3. The fourth-order valence-corrected chi connectivity index (χ4v) is 3.75. The van der Waals surface area contributed by atoms with Gasteiger partial charge in [-0.25, -0.2) is 14.6 Å². The number of carbonyl (C=O) groups excluding carboxylic acids is 1. The van der Waals surface area contributed by atoms with E-state index in [2.05, 4.69) is 20.5 Å². The second-order valence-corrected chi connectivity index (χ2v) is 7.68. The Morgan fingerprint density at radius 3 is 2.78 bits per heavy atom. The van der Waals surface area contributed by atoms with E-state index >= 15 is 0 Å². The van der Waals surface area contributed by atoms with Crippen LogP contribution >= 0.6 is 0 Å². The zero-order chi connectivity index (χ0) is 22.3. The smallest absolute Gasteiger partial charge is 0.347 e. The summed E-state index contributed by atoms with van der Waals surface area (Å²) < 4.78 is 12.8. The van der Waals surface area contributed by atoms with Crippen molar-refractivity contribution in [3.63, 3.8) is 0 Å². The molecule has 168 valence electrons. The van der Waals surface area contributed by atoms with E-state index in [1.807, 2.05) is 43.3 Å². The van der Waals surface area contributed by atoms with E-state index in [1.54, 1.807) is 12.3 Å². The molecular weight excluding hydrogens is 410 g/mol. The number of hydrogen-bond donors (Lipinski definition) is 2. The number of aryl methyl sites for hydroxylation is 1. The highest BCUT2D eigenvalue weighted by atomic mass is 16.5. The summed E-state index contributed by atoms with van der Waals surface area (Å²) in [5.41, 5.74) is 1.22. The quantitative estimate of drug-likeness (QED) is 0.589. The van der Waals surface area contributed by atoms with Crippen LogP contribution in [-0.4, -0.2) is 53.3 Å². The largest absolute Gasteiger partial charge is 0.465 e. The number of ether oxygens (including phenoxy) is 1. The number of urea groups is 1. The van der Waals surface area contributed by atoms with Crippen LogP contribution in [-0.2, 0) is 11.3 Å². The molecule has 4 rings (SSSR count). The molecule has 9 nitrogen and oxygen atoms in total. The molecule has 2 aromatic heterocycles. The molecule has 1 saturated heterocycles. The lowest BCUT2D eigenvalue weighted by Crippen LogP contribution is -2.44. The summed E-state index contributed by atoms with van der Waals surface area (Å²) in [6.45, 7) is 5.58. The SMILES string of the molecule is Cc1ccc([C@@H](CNC(=O)Nc2cccc(Cn3cccnc3=O)c2)N2CCOCC2)o1. The summed E-state index contributed by atoms with van der Waals surface area (Å²) in [6, 6.07) is 12.6. The molecule has 1 aromatic carbocycles. The molecule has 32 heavy (non-hydrogen) atoms. The topological polar surface area (TPSA) is 102 Å². The van der Waals surface area contributed by atoms with Gasteiger partial charge < -0.3 is 19.8 Å². The van der Waals surface area contributed by atoms with E-state index in [-0.39, 0.29) is 17.8 Å². The number of morpholine rings is 1. The van der Waals surface area contributed by atoms with E-state index in [0.717, 1.165) is 30.2 Å². The van der Waals surface area contributed by atoms with Gasteiger partial charge in [0.25, 0.3) is 0 Å². The number of amides is 2. The number of hydrogen-bond acceptors (Lipinski definition) is 6. The van der Waals surface area contributed by atoms with Crippen LogP contribution in [0.3, 0.4) is 0 Å². The van der Waals surface area contributed by atoms with Crippen molar-refractivity contribution in [2.24, 2.45) is 0 Å². The first kappa shape index (κ1) is 21.8. The maximum Gasteiger partial charge on any atom is 0.347 e. The minimum atomic E-state index is -0.314. The fourth-order valence-electron chi connectivity index (χ4n) is 3.75. The summed E-state index contributed by atoms with van der Waals surface area (Å²) in [7, 11) is 0. The van der Waals surface area contributed by atoms with Crippen molar-refractivity contribution in [2.45, 2.75) is 19.5 Å². The number of carbonyl (C=O) groups is 1. The van der Waals surface area contributed by atoms with Gasteiger partial charge in [0, 0.05) is 37.7 Å². The standard InChI is InChI=1S/C23H27N5O4/c1-17-6-7-21(32-17)20(27-10-12-31-13-11-27)15-25-22(29)26-19-5-2-4-18(14-19)16-28-9-3-8-24-23(28)30/h2-9,14,20H,10-13,15-16H2,1H3,(H2,25,26,29)/t20-/m1/s1. The molecule has 9 heteroatoms. The third kappa shape index (κ3) is 5.63. The molecule has 1 atom stereocenters. The Bertz CT molecular complexity index is 1100. The molecule has 1 aliphatic heterocycles. The summed E-state index contributed by atoms with van der Waals surface area (Å²) in [4.78, 5) is 30.5. The summed E-state index contributed by atoms with van der Waals surface area (Å²) in [6.07, 6.45) is 3.15. The highest BCUT2D eigenvalue weighted by Gasteiger charge is 2.25. The third-order valence-electron chi connectivity index (χ3n) is 5.35. The molecule has 2 amide bonds. The minimum Gasteiger partial charge on any atom is -0.465 e. The number of rotatable bonds is 7. The Kier molecular flexibility index (Phi) is 6.98. The molecular formula is C23H27N5O4. The molecule has 3 aromatic rings. The van der Waals surface area contributed by atoms with Gasteiger partial charge in [0.05, 0.1) is 25.8 Å². The van der Waals surface area contributed by atoms with Gasteiger partial charge in [0.15, 0.2) is 0 Å². The molecule has 3 heterocycles. The van der Waals surface area contributed by atoms with Crippen molar-refractivity contribution in [2.75, 3.05) is 38.2 Å². The van der Waals surface area contributed by atoms with Gasteiger partial charge in [0.2, 0.25) is 0 Å². The number of benzene rings is 1. The van der Waals surface area contributed by atoms with Gasteiger partial charge in [-0.15, -0.1) is 0 Å². The van der Waals surface area contributed by atoms with E-state index in [0.29, 0.717) is 32.0 Å². The predicted molar refractivity (Wildman–Crippen MR) is 120 cm³/mol.